The molecule has 0 radical (unpaired) electrons. The summed E-state index contributed by atoms with van der Waals surface area (Å²) in [7, 11) is 5.48. The van der Waals surface area contributed by atoms with Crippen LogP contribution in [0.2, 0.25) is 0 Å². The van der Waals surface area contributed by atoms with Gasteiger partial charge in [0.15, 0.2) is 23.9 Å². The molecule has 2 rings (SSSR count). The number of rotatable bonds is 9. The van der Waals surface area contributed by atoms with Crippen LogP contribution < -0.4 is 24.3 Å². The minimum atomic E-state index is -0.732. The number of hydrogen-bond acceptors (Lipinski definition) is 9. The Kier molecular flexibility index (Phi) is 7.39. The summed E-state index contributed by atoms with van der Waals surface area (Å²) in [6.45, 7) is -0.519. The second-order valence-electron chi connectivity index (χ2n) is 5.68. The summed E-state index contributed by atoms with van der Waals surface area (Å²) in [6.07, 6.45) is 0. The van der Waals surface area contributed by atoms with Crippen molar-refractivity contribution in [1.29, 1.82) is 0 Å². The number of methoxy groups -OCH3 is 4. The molecule has 1 amide bonds. The summed E-state index contributed by atoms with van der Waals surface area (Å²) >= 11 is 0. The number of benzene rings is 2. The number of nitro benzene ring substituents is 1. The summed E-state index contributed by atoms with van der Waals surface area (Å²) in [4.78, 5) is 34.3. The molecule has 0 aliphatic carbocycles. The molecule has 30 heavy (non-hydrogen) atoms. The molecular formula is C19H20N2O9. The van der Waals surface area contributed by atoms with Crippen molar-refractivity contribution in [2.75, 3.05) is 40.4 Å². The van der Waals surface area contributed by atoms with Crippen LogP contribution in [0.25, 0.3) is 0 Å². The summed E-state index contributed by atoms with van der Waals surface area (Å²) in [5.74, 6) is -0.465. The first-order valence-corrected chi connectivity index (χ1v) is 8.44. The second-order valence-corrected chi connectivity index (χ2v) is 5.68. The first kappa shape index (κ1) is 22.3. The molecule has 0 aliphatic rings. The number of amides is 1. The van der Waals surface area contributed by atoms with Gasteiger partial charge in [-0.05, 0) is 12.1 Å². The normalized spacial score (nSPS) is 10.0. The molecule has 160 valence electrons. The number of carbonyl (C=O) groups is 2. The largest absolute Gasteiger partial charge is 0.493 e. The van der Waals surface area contributed by atoms with Crippen molar-refractivity contribution >= 4 is 23.3 Å². The Bertz CT molecular complexity index is 934. The van der Waals surface area contributed by atoms with Crippen LogP contribution in [0.1, 0.15) is 10.4 Å². The first-order chi connectivity index (χ1) is 14.3. The second kappa shape index (κ2) is 9.96. The van der Waals surface area contributed by atoms with E-state index in [2.05, 4.69) is 10.1 Å². The van der Waals surface area contributed by atoms with Gasteiger partial charge >= 0.3 is 11.7 Å². The summed E-state index contributed by atoms with van der Waals surface area (Å²) in [6, 6.07) is 6.57. The molecule has 0 fully saturated rings. The van der Waals surface area contributed by atoms with Crippen LogP contribution in [0.15, 0.2) is 30.3 Å². The van der Waals surface area contributed by atoms with E-state index >= 15 is 0 Å². The van der Waals surface area contributed by atoms with Crippen molar-refractivity contribution in [3.05, 3.63) is 46.0 Å². The predicted octanol–water partition coefficient (Wildman–Crippen LogP) is 2.42. The third-order valence-electron chi connectivity index (χ3n) is 3.88. The van der Waals surface area contributed by atoms with Crippen molar-refractivity contribution in [3.8, 4) is 23.0 Å². The van der Waals surface area contributed by atoms with E-state index in [1.807, 2.05) is 0 Å². The lowest BCUT2D eigenvalue weighted by atomic mass is 10.2. The van der Waals surface area contributed by atoms with Crippen LogP contribution >= 0.6 is 0 Å². The Morgan fingerprint density at radius 2 is 1.60 bits per heavy atom. The van der Waals surface area contributed by atoms with E-state index in [1.165, 1.54) is 45.6 Å². The number of esters is 1. The van der Waals surface area contributed by atoms with E-state index in [-0.39, 0.29) is 11.3 Å². The van der Waals surface area contributed by atoms with Gasteiger partial charge in [0, 0.05) is 23.9 Å². The number of hydrogen-bond donors (Lipinski definition) is 1. The zero-order valence-corrected chi connectivity index (χ0v) is 16.7. The molecular weight excluding hydrogens is 400 g/mol. The van der Waals surface area contributed by atoms with E-state index in [0.29, 0.717) is 22.9 Å². The van der Waals surface area contributed by atoms with Gasteiger partial charge in [0.05, 0.1) is 38.9 Å². The van der Waals surface area contributed by atoms with Gasteiger partial charge in [-0.2, -0.15) is 0 Å². The Morgan fingerprint density at radius 1 is 0.967 bits per heavy atom. The Morgan fingerprint density at radius 3 is 2.10 bits per heavy atom. The van der Waals surface area contributed by atoms with Crippen LogP contribution in [0.4, 0.5) is 11.4 Å². The lowest BCUT2D eigenvalue weighted by Gasteiger charge is -2.14. The van der Waals surface area contributed by atoms with Gasteiger partial charge in [-0.25, -0.2) is 4.79 Å². The summed E-state index contributed by atoms with van der Waals surface area (Å²) < 4.78 is 25.4. The molecule has 0 saturated heterocycles. The van der Waals surface area contributed by atoms with Gasteiger partial charge in [-0.15, -0.1) is 0 Å². The molecule has 0 heterocycles. The SMILES string of the molecule is COC(=O)c1ccc(OCC(=O)Nc2cc(OC)c(OC)c(OC)c2)c([N+](=O)[O-])c1. The molecule has 0 aromatic heterocycles. The third-order valence-corrected chi connectivity index (χ3v) is 3.88. The monoisotopic (exact) mass is 420 g/mol. The van der Waals surface area contributed by atoms with Gasteiger partial charge in [-0.3, -0.25) is 14.9 Å². The summed E-state index contributed by atoms with van der Waals surface area (Å²) in [5, 5.41) is 13.8. The fourth-order valence-corrected chi connectivity index (χ4v) is 2.52. The Labute approximate surface area is 171 Å². The highest BCUT2D eigenvalue weighted by Gasteiger charge is 2.20. The van der Waals surface area contributed by atoms with E-state index < -0.39 is 29.1 Å². The minimum absolute atomic E-state index is 0.0153. The van der Waals surface area contributed by atoms with Gasteiger partial charge in [-0.1, -0.05) is 0 Å². The van der Waals surface area contributed by atoms with E-state index in [1.54, 1.807) is 0 Å². The third kappa shape index (κ3) is 5.07. The molecule has 0 unspecified atom stereocenters. The van der Waals surface area contributed by atoms with Crippen LogP contribution in [0, 0.1) is 10.1 Å². The van der Waals surface area contributed by atoms with E-state index in [0.717, 1.165) is 13.2 Å². The smallest absolute Gasteiger partial charge is 0.338 e. The molecule has 2 aromatic carbocycles. The van der Waals surface area contributed by atoms with Gasteiger partial charge in [0.1, 0.15) is 0 Å². The molecule has 0 bridgehead atoms. The van der Waals surface area contributed by atoms with Gasteiger partial charge in [0.25, 0.3) is 5.91 Å². The van der Waals surface area contributed by atoms with Gasteiger partial charge in [0.2, 0.25) is 5.75 Å². The average molecular weight is 420 g/mol. The molecule has 1 N–H and O–H groups in total. The highest BCUT2D eigenvalue weighted by atomic mass is 16.6. The topological polar surface area (TPSA) is 135 Å². The highest BCUT2D eigenvalue weighted by molar-refractivity contribution is 5.93. The quantitative estimate of drug-likeness (QED) is 0.368. The van der Waals surface area contributed by atoms with Gasteiger partial charge < -0.3 is 29.0 Å². The van der Waals surface area contributed by atoms with Crippen LogP contribution in [-0.4, -0.2) is 51.8 Å². The standard InChI is InChI=1S/C19H20N2O9/c1-26-15-8-12(9-16(27-2)18(15)28-3)20-17(22)10-30-14-6-5-11(19(23)29-4)7-13(14)21(24)25/h5-9H,10H2,1-4H3,(H,20,22). The predicted molar refractivity (Wildman–Crippen MR) is 105 cm³/mol. The molecule has 11 heteroatoms. The number of nitrogens with one attached hydrogen (secondary N) is 1. The van der Waals surface area contributed by atoms with Crippen molar-refractivity contribution < 1.29 is 38.2 Å². The lowest BCUT2D eigenvalue weighted by Crippen LogP contribution is -2.20. The zero-order valence-electron chi connectivity index (χ0n) is 16.7. The molecule has 0 aliphatic heterocycles. The molecule has 11 nitrogen and oxygen atoms in total. The number of ether oxygens (including phenoxy) is 5. The number of anilines is 1. The number of nitro groups is 1. The number of carbonyl (C=O) groups excluding carboxylic acids is 2. The zero-order chi connectivity index (χ0) is 22.3. The maximum Gasteiger partial charge on any atom is 0.338 e. The summed E-state index contributed by atoms with van der Waals surface area (Å²) in [5.41, 5.74) is -0.148. The average Bonchev–Trinajstić information content (AvgIpc) is 2.75. The highest BCUT2D eigenvalue weighted by Crippen LogP contribution is 2.40. The fraction of sp³-hybridized carbons (Fsp3) is 0.263. The van der Waals surface area contributed by atoms with E-state index in [4.69, 9.17) is 18.9 Å². The maximum absolute atomic E-state index is 12.2. The lowest BCUT2D eigenvalue weighted by molar-refractivity contribution is -0.385. The maximum atomic E-state index is 12.2. The molecule has 2 aromatic rings. The fourth-order valence-electron chi connectivity index (χ4n) is 2.52. The van der Waals surface area contributed by atoms with Crippen LogP contribution in [0.3, 0.4) is 0 Å². The van der Waals surface area contributed by atoms with Crippen molar-refractivity contribution in [2.45, 2.75) is 0 Å². The van der Waals surface area contributed by atoms with Crippen molar-refractivity contribution in [2.24, 2.45) is 0 Å². The molecule has 0 saturated carbocycles. The minimum Gasteiger partial charge on any atom is -0.493 e. The molecule has 0 atom stereocenters. The van der Waals surface area contributed by atoms with Crippen LogP contribution in [-0.2, 0) is 9.53 Å². The molecule has 0 spiro atoms. The van der Waals surface area contributed by atoms with Crippen LogP contribution in [0.5, 0.6) is 23.0 Å². The van der Waals surface area contributed by atoms with E-state index in [9.17, 15) is 19.7 Å². The van der Waals surface area contributed by atoms with Crippen molar-refractivity contribution in [3.63, 3.8) is 0 Å². The first-order valence-electron chi connectivity index (χ1n) is 8.44. The van der Waals surface area contributed by atoms with Crippen molar-refractivity contribution in [1.82, 2.24) is 0 Å². The Hall–Kier alpha value is -4.02. The Balaban J connectivity index is 2.15. The number of nitrogens with zero attached hydrogens (tertiary/aromatic N) is 1.